The Kier molecular flexibility index (Phi) is 3.68. The first kappa shape index (κ1) is 16.2. The normalized spacial score (nSPS) is 19.9. The number of hydrogen-bond donors (Lipinski definition) is 2. The molecule has 0 radical (unpaired) electrons. The third kappa shape index (κ3) is 2.67. The molecule has 7 heteroatoms. The van der Waals surface area contributed by atoms with E-state index in [9.17, 15) is 27.9 Å². The van der Waals surface area contributed by atoms with Crippen LogP contribution >= 0.6 is 0 Å². The third-order valence-corrected chi connectivity index (χ3v) is 3.91. The fourth-order valence-corrected chi connectivity index (χ4v) is 2.67. The van der Waals surface area contributed by atoms with Crippen LogP contribution in [0, 0.1) is 0 Å². The second kappa shape index (κ2) is 5.45. The third-order valence-electron chi connectivity index (χ3n) is 3.91. The lowest BCUT2D eigenvalue weighted by Crippen LogP contribution is -2.48. The molecule has 1 aliphatic rings. The first-order chi connectivity index (χ1) is 11.2. The molecule has 1 aliphatic carbocycles. The zero-order valence-corrected chi connectivity index (χ0v) is 12.2. The fourth-order valence-electron chi connectivity index (χ4n) is 2.67. The Morgan fingerprint density at radius 2 is 1.83 bits per heavy atom. The standard InChI is InChI=1S/C17H12F3NO3/c18-17(19,20)11-5-3-6-12(8-11)21-15(23)16(24)9-10-4-1-2-7-13(10)14(16)22/h1-8,24H,9H2,(H,21,23)/t16-/m0/s1. The van der Waals surface area contributed by atoms with Crippen LogP contribution in [0.3, 0.4) is 0 Å². The van der Waals surface area contributed by atoms with Crippen LogP contribution in [0.4, 0.5) is 18.9 Å². The van der Waals surface area contributed by atoms with E-state index in [1.807, 2.05) is 0 Å². The van der Waals surface area contributed by atoms with Gasteiger partial charge < -0.3 is 10.4 Å². The monoisotopic (exact) mass is 335 g/mol. The molecule has 1 amide bonds. The number of Topliss-reactive ketones (excluding diaryl/α,β-unsaturated/α-hetero) is 1. The number of aliphatic hydroxyl groups is 1. The van der Waals surface area contributed by atoms with Crippen LogP contribution < -0.4 is 5.32 Å². The highest BCUT2D eigenvalue weighted by molar-refractivity contribution is 6.22. The number of amides is 1. The summed E-state index contributed by atoms with van der Waals surface area (Å²) in [6, 6.07) is 10.4. The van der Waals surface area contributed by atoms with Crippen molar-refractivity contribution in [1.29, 1.82) is 0 Å². The number of carbonyl (C=O) groups is 2. The van der Waals surface area contributed by atoms with Crippen molar-refractivity contribution >= 4 is 17.4 Å². The molecule has 0 bridgehead atoms. The molecule has 0 spiro atoms. The van der Waals surface area contributed by atoms with Crippen LogP contribution in [0.5, 0.6) is 0 Å². The average molecular weight is 335 g/mol. The van der Waals surface area contributed by atoms with Gasteiger partial charge in [0, 0.05) is 17.7 Å². The van der Waals surface area contributed by atoms with Gasteiger partial charge in [0.15, 0.2) is 0 Å². The summed E-state index contributed by atoms with van der Waals surface area (Å²) in [5.74, 6) is -1.81. The zero-order valence-electron chi connectivity index (χ0n) is 12.2. The van der Waals surface area contributed by atoms with Gasteiger partial charge in [-0.3, -0.25) is 9.59 Å². The second-order valence-corrected chi connectivity index (χ2v) is 5.56. The van der Waals surface area contributed by atoms with Crippen LogP contribution in [0.1, 0.15) is 21.5 Å². The van der Waals surface area contributed by atoms with Crippen molar-refractivity contribution in [3.05, 3.63) is 65.2 Å². The Morgan fingerprint density at radius 1 is 1.12 bits per heavy atom. The van der Waals surface area contributed by atoms with Crippen LogP contribution in [0.2, 0.25) is 0 Å². The van der Waals surface area contributed by atoms with Crippen molar-refractivity contribution in [2.75, 3.05) is 5.32 Å². The van der Waals surface area contributed by atoms with Crippen molar-refractivity contribution in [3.8, 4) is 0 Å². The molecule has 1 atom stereocenters. The molecule has 0 heterocycles. The minimum Gasteiger partial charge on any atom is -0.373 e. The molecule has 0 aromatic heterocycles. The molecule has 2 N–H and O–H groups in total. The lowest BCUT2D eigenvalue weighted by Gasteiger charge is -2.20. The molecule has 0 fully saturated rings. The van der Waals surface area contributed by atoms with Gasteiger partial charge in [-0.05, 0) is 23.8 Å². The largest absolute Gasteiger partial charge is 0.416 e. The highest BCUT2D eigenvalue weighted by Gasteiger charge is 2.50. The van der Waals surface area contributed by atoms with Crippen molar-refractivity contribution in [2.24, 2.45) is 0 Å². The highest BCUT2D eigenvalue weighted by atomic mass is 19.4. The second-order valence-electron chi connectivity index (χ2n) is 5.56. The van der Waals surface area contributed by atoms with Gasteiger partial charge in [0.2, 0.25) is 11.4 Å². The predicted octanol–water partition coefficient (Wildman–Crippen LogP) is 2.81. The summed E-state index contributed by atoms with van der Waals surface area (Å²) in [5.41, 5.74) is -2.65. The zero-order chi connectivity index (χ0) is 17.5. The number of benzene rings is 2. The van der Waals surface area contributed by atoms with Crippen molar-refractivity contribution in [3.63, 3.8) is 0 Å². The minimum atomic E-state index is -4.56. The summed E-state index contributed by atoms with van der Waals surface area (Å²) in [7, 11) is 0. The van der Waals surface area contributed by atoms with Gasteiger partial charge in [0.05, 0.1) is 5.56 Å². The highest BCUT2D eigenvalue weighted by Crippen LogP contribution is 2.33. The van der Waals surface area contributed by atoms with E-state index in [0.29, 0.717) is 5.56 Å². The maximum absolute atomic E-state index is 12.7. The van der Waals surface area contributed by atoms with Crippen LogP contribution in [0.25, 0.3) is 0 Å². The van der Waals surface area contributed by atoms with E-state index < -0.39 is 29.0 Å². The number of anilines is 1. The number of carbonyl (C=O) groups excluding carboxylic acids is 2. The molecule has 2 aromatic carbocycles. The number of rotatable bonds is 2. The van der Waals surface area contributed by atoms with Crippen molar-refractivity contribution in [1.82, 2.24) is 0 Å². The molecule has 0 unspecified atom stereocenters. The quantitative estimate of drug-likeness (QED) is 0.830. The Balaban J connectivity index is 1.85. The lowest BCUT2D eigenvalue weighted by molar-refractivity contribution is -0.137. The first-order valence-electron chi connectivity index (χ1n) is 7.05. The summed E-state index contributed by atoms with van der Waals surface area (Å²) < 4.78 is 38.1. The molecule has 24 heavy (non-hydrogen) atoms. The van der Waals surface area contributed by atoms with Gasteiger partial charge in [0.1, 0.15) is 0 Å². The van der Waals surface area contributed by atoms with E-state index in [1.165, 1.54) is 12.1 Å². The van der Waals surface area contributed by atoms with E-state index in [2.05, 4.69) is 5.32 Å². The van der Waals surface area contributed by atoms with Crippen molar-refractivity contribution in [2.45, 2.75) is 18.2 Å². The topological polar surface area (TPSA) is 66.4 Å². The summed E-state index contributed by atoms with van der Waals surface area (Å²) in [6.45, 7) is 0. The lowest BCUT2D eigenvalue weighted by atomic mass is 9.98. The van der Waals surface area contributed by atoms with E-state index in [1.54, 1.807) is 18.2 Å². The summed E-state index contributed by atoms with van der Waals surface area (Å²) in [6.07, 6.45) is -4.77. The van der Waals surface area contributed by atoms with E-state index in [4.69, 9.17) is 0 Å². The van der Waals surface area contributed by atoms with Gasteiger partial charge in [-0.1, -0.05) is 30.3 Å². The molecule has 4 nitrogen and oxygen atoms in total. The SMILES string of the molecule is O=C(Nc1cccc(C(F)(F)F)c1)[C@]1(O)Cc2ccccc2C1=O. The molecule has 2 aromatic rings. The fraction of sp³-hybridized carbons (Fsp3) is 0.176. The summed E-state index contributed by atoms with van der Waals surface area (Å²) in [4.78, 5) is 24.6. The van der Waals surface area contributed by atoms with Gasteiger partial charge in [0.25, 0.3) is 5.91 Å². The Morgan fingerprint density at radius 3 is 2.50 bits per heavy atom. The number of hydrogen-bond acceptors (Lipinski definition) is 3. The summed E-state index contributed by atoms with van der Waals surface area (Å²) in [5, 5.41) is 12.6. The minimum absolute atomic E-state index is 0.146. The number of fused-ring (bicyclic) bond motifs is 1. The molecule has 0 saturated heterocycles. The van der Waals surface area contributed by atoms with Crippen LogP contribution in [-0.2, 0) is 17.4 Å². The van der Waals surface area contributed by atoms with E-state index in [0.717, 1.165) is 18.2 Å². The van der Waals surface area contributed by atoms with E-state index in [-0.39, 0.29) is 17.7 Å². The Bertz CT molecular complexity index is 832. The van der Waals surface area contributed by atoms with Crippen molar-refractivity contribution < 1.29 is 27.9 Å². The molecular weight excluding hydrogens is 323 g/mol. The maximum Gasteiger partial charge on any atom is 0.416 e. The van der Waals surface area contributed by atoms with Gasteiger partial charge in [-0.15, -0.1) is 0 Å². The van der Waals surface area contributed by atoms with Gasteiger partial charge in [-0.2, -0.15) is 13.2 Å². The van der Waals surface area contributed by atoms with Crippen LogP contribution in [-0.4, -0.2) is 22.4 Å². The van der Waals surface area contributed by atoms with Gasteiger partial charge >= 0.3 is 6.18 Å². The smallest absolute Gasteiger partial charge is 0.373 e. The Labute approximate surface area is 134 Å². The van der Waals surface area contributed by atoms with Gasteiger partial charge in [-0.25, -0.2) is 0 Å². The summed E-state index contributed by atoms with van der Waals surface area (Å²) >= 11 is 0. The van der Waals surface area contributed by atoms with Crippen LogP contribution in [0.15, 0.2) is 48.5 Å². The number of alkyl halides is 3. The molecule has 0 saturated carbocycles. The molecule has 0 aliphatic heterocycles. The first-order valence-corrected chi connectivity index (χ1v) is 7.05. The average Bonchev–Trinajstić information content (AvgIpc) is 2.80. The molecular formula is C17H12F3NO3. The Hall–Kier alpha value is -2.67. The number of ketones is 1. The van der Waals surface area contributed by atoms with E-state index >= 15 is 0 Å². The molecule has 3 rings (SSSR count). The molecule has 124 valence electrons. The predicted molar refractivity (Wildman–Crippen MR) is 79.5 cm³/mol. The number of halogens is 3. The number of nitrogens with one attached hydrogen (secondary N) is 1. The maximum atomic E-state index is 12.7.